The third-order valence-electron chi connectivity index (χ3n) is 3.70. The van der Waals surface area contributed by atoms with Crippen molar-refractivity contribution < 1.29 is 9.53 Å². The number of anilines is 1. The fourth-order valence-electron chi connectivity index (χ4n) is 2.63. The molecule has 0 unspecified atom stereocenters. The molecule has 0 atom stereocenters. The number of benzene rings is 2. The van der Waals surface area contributed by atoms with E-state index in [1.807, 2.05) is 47.4 Å². The summed E-state index contributed by atoms with van der Waals surface area (Å²) in [6.07, 6.45) is 0. The first kappa shape index (κ1) is 13.6. The third kappa shape index (κ3) is 2.76. The van der Waals surface area contributed by atoms with E-state index in [1.165, 1.54) is 0 Å². The molecule has 1 N–H and O–H groups in total. The number of fused-ring (bicyclic) bond motifs is 1. The van der Waals surface area contributed by atoms with Crippen molar-refractivity contribution in [1.82, 2.24) is 5.32 Å². The summed E-state index contributed by atoms with van der Waals surface area (Å²) in [5.74, 6) is 0.880. The standard InChI is InChI=1S/C17H18N2O2/c1-21-16-9-5-3-7-14(16)12-19-15-8-4-2-6-13(15)10-18-11-17(19)20/h2-9,18H,10-12H2,1H3. The number of carbonyl (C=O) groups is 1. The highest BCUT2D eigenvalue weighted by atomic mass is 16.5. The number of hydrogen-bond acceptors (Lipinski definition) is 3. The second-order valence-electron chi connectivity index (χ2n) is 5.02. The van der Waals surface area contributed by atoms with Gasteiger partial charge in [0.25, 0.3) is 0 Å². The molecule has 2 aromatic carbocycles. The molecular weight excluding hydrogens is 264 g/mol. The van der Waals surface area contributed by atoms with Gasteiger partial charge in [-0.05, 0) is 17.7 Å². The molecule has 4 nitrogen and oxygen atoms in total. The topological polar surface area (TPSA) is 41.6 Å². The monoisotopic (exact) mass is 282 g/mol. The first-order chi connectivity index (χ1) is 10.3. The van der Waals surface area contributed by atoms with E-state index in [0.717, 1.165) is 22.6 Å². The lowest BCUT2D eigenvalue weighted by Gasteiger charge is -2.23. The van der Waals surface area contributed by atoms with Gasteiger partial charge in [-0.2, -0.15) is 0 Å². The lowest BCUT2D eigenvalue weighted by atomic mass is 10.1. The Balaban J connectivity index is 1.98. The maximum absolute atomic E-state index is 12.4. The number of amides is 1. The molecule has 0 aliphatic carbocycles. The van der Waals surface area contributed by atoms with Gasteiger partial charge in [-0.1, -0.05) is 36.4 Å². The molecule has 0 saturated carbocycles. The van der Waals surface area contributed by atoms with Gasteiger partial charge in [0.1, 0.15) is 5.75 Å². The molecule has 21 heavy (non-hydrogen) atoms. The van der Waals surface area contributed by atoms with Crippen molar-refractivity contribution >= 4 is 11.6 Å². The zero-order valence-electron chi connectivity index (χ0n) is 12.0. The van der Waals surface area contributed by atoms with Gasteiger partial charge >= 0.3 is 0 Å². The molecule has 1 amide bonds. The minimum atomic E-state index is 0.0749. The summed E-state index contributed by atoms with van der Waals surface area (Å²) >= 11 is 0. The minimum absolute atomic E-state index is 0.0749. The molecule has 0 spiro atoms. The van der Waals surface area contributed by atoms with Gasteiger partial charge < -0.3 is 15.0 Å². The highest BCUT2D eigenvalue weighted by molar-refractivity contribution is 5.96. The molecule has 4 heteroatoms. The predicted octanol–water partition coefficient (Wildman–Crippen LogP) is 2.33. The molecule has 108 valence electrons. The Labute approximate surface area is 124 Å². The molecule has 0 radical (unpaired) electrons. The minimum Gasteiger partial charge on any atom is -0.496 e. The molecule has 0 saturated heterocycles. The van der Waals surface area contributed by atoms with Crippen LogP contribution in [0.1, 0.15) is 11.1 Å². The lowest BCUT2D eigenvalue weighted by molar-refractivity contribution is -0.117. The van der Waals surface area contributed by atoms with Crippen LogP contribution in [0.25, 0.3) is 0 Å². The number of hydrogen-bond donors (Lipinski definition) is 1. The Morgan fingerprint density at radius 1 is 1.10 bits per heavy atom. The van der Waals surface area contributed by atoms with Crippen LogP contribution in [-0.4, -0.2) is 19.6 Å². The molecule has 2 aromatic rings. The summed E-state index contributed by atoms with van der Waals surface area (Å²) in [7, 11) is 1.65. The van der Waals surface area contributed by atoms with Crippen LogP contribution in [-0.2, 0) is 17.9 Å². The maximum Gasteiger partial charge on any atom is 0.241 e. The number of nitrogens with zero attached hydrogens (tertiary/aromatic N) is 1. The number of rotatable bonds is 3. The van der Waals surface area contributed by atoms with Gasteiger partial charge in [0, 0.05) is 17.8 Å². The van der Waals surface area contributed by atoms with Gasteiger partial charge in [0.15, 0.2) is 0 Å². The normalized spacial score (nSPS) is 14.5. The number of carbonyl (C=O) groups excluding carboxylic acids is 1. The smallest absolute Gasteiger partial charge is 0.241 e. The van der Waals surface area contributed by atoms with E-state index in [2.05, 4.69) is 11.4 Å². The van der Waals surface area contributed by atoms with Gasteiger partial charge in [-0.25, -0.2) is 0 Å². The van der Waals surface area contributed by atoms with Crippen molar-refractivity contribution in [2.75, 3.05) is 18.6 Å². The molecule has 1 heterocycles. The van der Waals surface area contributed by atoms with E-state index >= 15 is 0 Å². The SMILES string of the molecule is COc1ccccc1CN1C(=O)CNCc2ccccc21. The zero-order chi connectivity index (χ0) is 14.7. The van der Waals surface area contributed by atoms with Crippen LogP contribution in [0.4, 0.5) is 5.69 Å². The van der Waals surface area contributed by atoms with Gasteiger partial charge in [0.05, 0.1) is 20.2 Å². The van der Waals surface area contributed by atoms with E-state index < -0.39 is 0 Å². The maximum atomic E-state index is 12.4. The first-order valence-corrected chi connectivity index (χ1v) is 7.00. The molecule has 0 aromatic heterocycles. The van der Waals surface area contributed by atoms with Gasteiger partial charge in [0.2, 0.25) is 5.91 Å². The second-order valence-corrected chi connectivity index (χ2v) is 5.02. The lowest BCUT2D eigenvalue weighted by Crippen LogP contribution is -2.35. The van der Waals surface area contributed by atoms with Crippen molar-refractivity contribution in [3.05, 3.63) is 59.7 Å². The Bertz CT molecular complexity index is 655. The molecule has 1 aliphatic heterocycles. The number of methoxy groups -OCH3 is 1. The summed E-state index contributed by atoms with van der Waals surface area (Å²) in [6.45, 7) is 1.58. The quantitative estimate of drug-likeness (QED) is 0.939. The Morgan fingerprint density at radius 3 is 2.71 bits per heavy atom. The van der Waals surface area contributed by atoms with Crippen LogP contribution in [0.3, 0.4) is 0 Å². The Kier molecular flexibility index (Phi) is 3.88. The van der Waals surface area contributed by atoms with Crippen molar-refractivity contribution in [2.24, 2.45) is 0 Å². The average Bonchev–Trinajstić information content (AvgIpc) is 2.68. The van der Waals surface area contributed by atoms with E-state index in [1.54, 1.807) is 7.11 Å². The fourth-order valence-corrected chi connectivity index (χ4v) is 2.63. The Morgan fingerprint density at radius 2 is 1.86 bits per heavy atom. The van der Waals surface area contributed by atoms with E-state index in [0.29, 0.717) is 19.6 Å². The fraction of sp³-hybridized carbons (Fsp3) is 0.235. The predicted molar refractivity (Wildman–Crippen MR) is 82.3 cm³/mol. The largest absolute Gasteiger partial charge is 0.496 e. The first-order valence-electron chi connectivity index (χ1n) is 7.00. The summed E-state index contributed by atoms with van der Waals surface area (Å²) in [6, 6.07) is 15.8. The molecule has 0 fully saturated rings. The molecule has 3 rings (SSSR count). The molecule has 0 bridgehead atoms. The van der Waals surface area contributed by atoms with Crippen molar-refractivity contribution in [1.29, 1.82) is 0 Å². The highest BCUT2D eigenvalue weighted by Gasteiger charge is 2.22. The Hall–Kier alpha value is -2.33. The molecular formula is C17H18N2O2. The number of ether oxygens (including phenoxy) is 1. The molecule has 1 aliphatic rings. The van der Waals surface area contributed by atoms with Crippen molar-refractivity contribution in [3.63, 3.8) is 0 Å². The average molecular weight is 282 g/mol. The van der Waals surface area contributed by atoms with Crippen molar-refractivity contribution in [2.45, 2.75) is 13.1 Å². The second kappa shape index (κ2) is 5.97. The summed E-state index contributed by atoms with van der Waals surface area (Å²) in [5, 5.41) is 3.18. The zero-order valence-corrected chi connectivity index (χ0v) is 12.0. The van der Waals surface area contributed by atoms with E-state index in [-0.39, 0.29) is 5.91 Å². The van der Waals surface area contributed by atoms with Crippen LogP contribution in [0.15, 0.2) is 48.5 Å². The van der Waals surface area contributed by atoms with Crippen molar-refractivity contribution in [3.8, 4) is 5.75 Å². The number of nitrogens with one attached hydrogen (secondary N) is 1. The van der Waals surface area contributed by atoms with E-state index in [4.69, 9.17) is 4.74 Å². The van der Waals surface area contributed by atoms with Crippen LogP contribution in [0.5, 0.6) is 5.75 Å². The van der Waals surface area contributed by atoms with Crippen LogP contribution >= 0.6 is 0 Å². The van der Waals surface area contributed by atoms with E-state index in [9.17, 15) is 4.79 Å². The summed E-state index contributed by atoms with van der Waals surface area (Å²) in [5.41, 5.74) is 3.11. The van der Waals surface area contributed by atoms with Gasteiger partial charge in [-0.3, -0.25) is 4.79 Å². The highest BCUT2D eigenvalue weighted by Crippen LogP contribution is 2.27. The van der Waals surface area contributed by atoms with Crippen LogP contribution in [0.2, 0.25) is 0 Å². The summed E-state index contributed by atoms with van der Waals surface area (Å²) in [4.78, 5) is 14.2. The summed E-state index contributed by atoms with van der Waals surface area (Å²) < 4.78 is 5.39. The third-order valence-corrected chi connectivity index (χ3v) is 3.70. The van der Waals surface area contributed by atoms with Gasteiger partial charge in [-0.15, -0.1) is 0 Å². The van der Waals surface area contributed by atoms with Crippen LogP contribution < -0.4 is 15.0 Å². The number of para-hydroxylation sites is 2. The van der Waals surface area contributed by atoms with Crippen LogP contribution in [0, 0.1) is 0 Å².